The minimum absolute atomic E-state index is 0.0728. The lowest BCUT2D eigenvalue weighted by Gasteiger charge is -2.16. The highest BCUT2D eigenvalue weighted by molar-refractivity contribution is 6.04. The van der Waals surface area contributed by atoms with Crippen LogP contribution < -0.4 is 27.6 Å². The van der Waals surface area contributed by atoms with Gasteiger partial charge in [-0.1, -0.05) is 0 Å². The molecule has 0 saturated carbocycles. The van der Waals surface area contributed by atoms with E-state index in [0.29, 0.717) is 30.0 Å². The third-order valence-electron chi connectivity index (χ3n) is 8.93. The molecule has 276 valence electrons. The number of fused-ring (bicyclic) bond motifs is 2. The van der Waals surface area contributed by atoms with E-state index in [0.717, 1.165) is 0 Å². The van der Waals surface area contributed by atoms with E-state index in [9.17, 15) is 29.4 Å². The van der Waals surface area contributed by atoms with Gasteiger partial charge in [-0.2, -0.15) is 9.97 Å². The first kappa shape index (κ1) is 35.1. The molecule has 21 nitrogen and oxygen atoms in total. The van der Waals surface area contributed by atoms with Crippen LogP contribution in [0.25, 0.3) is 33.8 Å². The number of aliphatic hydroxyl groups excluding tert-OH is 2. The summed E-state index contributed by atoms with van der Waals surface area (Å²) >= 11 is 0. The number of carbonyl (C=O) groups excluding carboxylic acids is 2. The summed E-state index contributed by atoms with van der Waals surface area (Å²) in [5, 5.41) is 34.5. The predicted molar refractivity (Wildman–Crippen MR) is 185 cm³/mol. The van der Waals surface area contributed by atoms with E-state index in [4.69, 9.17) is 14.9 Å². The van der Waals surface area contributed by atoms with Gasteiger partial charge in [-0.05, 0) is 45.0 Å². The molecule has 0 unspecified atom stereocenters. The SMILES string of the molecule is CCNC(=O)[C@@H]1O[C@@H](n2cnc3c(N)nc(NC(=O)c4ccc(-c5nnc(Cc6nc7c(c(=O)n(CC)c(=O)n7CC)n6C)o5)cc4)nc32)[C@H](O)[C@@H]1O. The van der Waals surface area contributed by atoms with Gasteiger partial charge in [0.15, 0.2) is 35.0 Å². The average Bonchev–Trinajstić information content (AvgIpc) is 3.92. The number of aryl methyl sites for hydroxylation is 2. The van der Waals surface area contributed by atoms with Crippen molar-refractivity contribution < 1.29 is 29.0 Å². The second-order valence-corrected chi connectivity index (χ2v) is 12.1. The number of carbonyl (C=O) groups is 2. The van der Waals surface area contributed by atoms with Crippen LogP contribution in [0.2, 0.25) is 0 Å². The smallest absolute Gasteiger partial charge is 0.332 e. The molecule has 1 aliphatic heterocycles. The molecule has 1 aromatic carbocycles. The highest BCUT2D eigenvalue weighted by Crippen LogP contribution is 2.33. The molecule has 2 amide bonds. The van der Waals surface area contributed by atoms with Gasteiger partial charge in [0.1, 0.15) is 23.5 Å². The summed E-state index contributed by atoms with van der Waals surface area (Å²) in [6.45, 7) is 6.10. The molecule has 0 radical (unpaired) electrons. The Hall–Kier alpha value is -6.32. The number of nitrogens with two attached hydrogens (primary N) is 1. The number of nitrogen functional groups attached to an aromatic ring is 1. The quantitative estimate of drug-likeness (QED) is 0.117. The number of likely N-dealkylation sites (N-methyl/N-ethyl adjacent to an activating group) is 1. The second kappa shape index (κ2) is 13.7. The fourth-order valence-electron chi connectivity index (χ4n) is 6.21. The van der Waals surface area contributed by atoms with Gasteiger partial charge in [0.25, 0.3) is 17.4 Å². The van der Waals surface area contributed by atoms with Gasteiger partial charge in [0.2, 0.25) is 17.7 Å². The van der Waals surface area contributed by atoms with E-state index in [2.05, 4.69) is 40.8 Å². The molecule has 1 saturated heterocycles. The number of aliphatic hydroxyl groups is 2. The van der Waals surface area contributed by atoms with Gasteiger partial charge in [-0.25, -0.2) is 14.8 Å². The zero-order chi connectivity index (χ0) is 37.7. The molecule has 4 atom stereocenters. The van der Waals surface area contributed by atoms with Crippen LogP contribution >= 0.6 is 0 Å². The molecule has 6 aromatic rings. The average molecular weight is 730 g/mol. The number of nitrogens with one attached hydrogen (secondary N) is 2. The Balaban J connectivity index is 1.07. The van der Waals surface area contributed by atoms with Crippen molar-refractivity contribution in [2.24, 2.45) is 7.05 Å². The predicted octanol–water partition coefficient (Wildman–Crippen LogP) is -0.693. The summed E-state index contributed by atoms with van der Waals surface area (Å²) < 4.78 is 17.1. The van der Waals surface area contributed by atoms with Crippen molar-refractivity contribution in [2.45, 2.75) is 64.8 Å². The van der Waals surface area contributed by atoms with E-state index in [-0.39, 0.29) is 58.9 Å². The molecule has 6 heterocycles. The Morgan fingerprint density at radius 2 is 1.70 bits per heavy atom. The molecule has 1 fully saturated rings. The number of aromatic nitrogens is 10. The first-order chi connectivity index (χ1) is 25.4. The van der Waals surface area contributed by atoms with Crippen molar-refractivity contribution >= 4 is 45.9 Å². The summed E-state index contributed by atoms with van der Waals surface area (Å²) in [4.78, 5) is 68.6. The molecule has 7 rings (SSSR count). The third kappa shape index (κ3) is 5.98. The lowest BCUT2D eigenvalue weighted by molar-refractivity contribution is -0.137. The van der Waals surface area contributed by atoms with E-state index in [1.54, 1.807) is 44.5 Å². The zero-order valence-electron chi connectivity index (χ0n) is 28.9. The van der Waals surface area contributed by atoms with Crippen LogP contribution in [0.3, 0.4) is 0 Å². The van der Waals surface area contributed by atoms with Crippen molar-refractivity contribution in [1.29, 1.82) is 0 Å². The minimum atomic E-state index is -1.52. The molecule has 5 aromatic heterocycles. The van der Waals surface area contributed by atoms with Crippen LogP contribution in [0.15, 0.2) is 44.6 Å². The van der Waals surface area contributed by atoms with Gasteiger partial charge in [-0.15, -0.1) is 10.2 Å². The molecule has 0 bridgehead atoms. The van der Waals surface area contributed by atoms with Gasteiger partial charge in [0.05, 0.1) is 12.7 Å². The number of nitrogens with zero attached hydrogens (tertiary/aromatic N) is 10. The largest absolute Gasteiger partial charge is 0.420 e. The van der Waals surface area contributed by atoms with E-state index in [1.165, 1.54) is 32.2 Å². The molecule has 53 heavy (non-hydrogen) atoms. The molecule has 0 aliphatic carbocycles. The first-order valence-corrected chi connectivity index (χ1v) is 16.7. The Kier molecular flexibility index (Phi) is 9.05. The summed E-state index contributed by atoms with van der Waals surface area (Å²) in [6.07, 6.45) is -4.22. The van der Waals surface area contributed by atoms with Gasteiger partial charge in [-0.3, -0.25) is 33.4 Å². The van der Waals surface area contributed by atoms with Gasteiger partial charge >= 0.3 is 5.69 Å². The first-order valence-electron chi connectivity index (χ1n) is 16.7. The number of hydrogen-bond donors (Lipinski definition) is 5. The summed E-state index contributed by atoms with van der Waals surface area (Å²) in [5.41, 5.74) is 6.81. The fourth-order valence-corrected chi connectivity index (χ4v) is 6.21. The summed E-state index contributed by atoms with van der Waals surface area (Å²) in [5.74, 6) is -0.570. The van der Waals surface area contributed by atoms with Crippen molar-refractivity contribution in [3.63, 3.8) is 0 Å². The summed E-state index contributed by atoms with van der Waals surface area (Å²) in [6, 6.07) is 6.27. The highest BCUT2D eigenvalue weighted by atomic mass is 16.6. The standard InChI is InChI=1S/C32H35N13O8/c1-5-34-27(49)22-20(46)21(47)30(53-22)45-13-35-18-23(33)37-31(38-24(18)45)39-26(48)14-8-10-15(11-9-14)28-41-40-17(52-28)12-16-36-25-19(42(16)4)29(50)44(7-3)32(51)43(25)6-2/h8-11,13,20-22,30,46-47H,5-7,12H2,1-4H3,(H,34,49)(H3,33,37,38,39,48)/t20-,21+,22+,30+/m0/s1. The number of rotatable bonds is 10. The molecule has 6 N–H and O–H groups in total. The van der Waals surface area contributed by atoms with Gasteiger partial charge < -0.3 is 35.0 Å². The van der Waals surface area contributed by atoms with Crippen LogP contribution in [0.4, 0.5) is 11.8 Å². The molecule has 1 aliphatic rings. The third-order valence-corrected chi connectivity index (χ3v) is 8.93. The zero-order valence-corrected chi connectivity index (χ0v) is 28.9. The number of amides is 2. The topological polar surface area (TPSA) is 278 Å². The summed E-state index contributed by atoms with van der Waals surface area (Å²) in [7, 11) is 1.69. The normalized spacial score (nSPS) is 18.6. The van der Waals surface area contributed by atoms with Crippen molar-refractivity contribution in [2.75, 3.05) is 17.6 Å². The maximum atomic E-state index is 13.2. The van der Waals surface area contributed by atoms with Crippen LogP contribution in [0.5, 0.6) is 0 Å². The van der Waals surface area contributed by atoms with Crippen molar-refractivity contribution in [3.8, 4) is 11.5 Å². The van der Waals surface area contributed by atoms with Crippen LogP contribution in [0, 0.1) is 0 Å². The van der Waals surface area contributed by atoms with E-state index < -0.39 is 47.6 Å². The molecule has 0 spiro atoms. The Bertz CT molecular complexity index is 2500. The number of hydrogen-bond acceptors (Lipinski definition) is 15. The number of imidazole rings is 2. The monoisotopic (exact) mass is 729 g/mol. The molecular formula is C32H35N13O8. The van der Waals surface area contributed by atoms with Crippen molar-refractivity contribution in [1.82, 2.24) is 53.7 Å². The van der Waals surface area contributed by atoms with E-state index >= 15 is 0 Å². The maximum absolute atomic E-state index is 13.2. The maximum Gasteiger partial charge on any atom is 0.332 e. The molecular weight excluding hydrogens is 694 g/mol. The van der Waals surface area contributed by atoms with Crippen LogP contribution in [-0.2, 0) is 36.1 Å². The number of anilines is 2. The Morgan fingerprint density at radius 1 is 0.962 bits per heavy atom. The number of ether oxygens (including phenoxy) is 1. The minimum Gasteiger partial charge on any atom is -0.420 e. The van der Waals surface area contributed by atoms with Crippen molar-refractivity contribution in [3.05, 3.63) is 68.7 Å². The highest BCUT2D eigenvalue weighted by Gasteiger charge is 2.47. The van der Waals surface area contributed by atoms with Gasteiger partial charge in [0, 0.05) is 37.8 Å². The molecule has 21 heteroatoms. The second-order valence-electron chi connectivity index (χ2n) is 12.1. The Morgan fingerprint density at radius 3 is 2.40 bits per heavy atom. The lowest BCUT2D eigenvalue weighted by Crippen LogP contribution is -2.42. The lowest BCUT2D eigenvalue weighted by atomic mass is 10.1. The van der Waals surface area contributed by atoms with Crippen LogP contribution in [-0.4, -0.2) is 95.3 Å². The van der Waals surface area contributed by atoms with E-state index in [1.807, 2.05) is 0 Å². The fraction of sp³-hybridized carbons (Fsp3) is 0.375. The van der Waals surface area contributed by atoms with Crippen LogP contribution in [0.1, 0.15) is 49.1 Å². The Labute approximate surface area is 298 Å². The number of benzene rings is 1.